The van der Waals surface area contributed by atoms with E-state index in [4.69, 9.17) is 14.2 Å². The number of nitrogens with one attached hydrogen (secondary N) is 1. The van der Waals surface area contributed by atoms with E-state index in [1.807, 2.05) is 97.1 Å². The van der Waals surface area contributed by atoms with E-state index in [2.05, 4.69) is 12.2 Å². The number of rotatable bonds is 11. The van der Waals surface area contributed by atoms with Crippen LogP contribution < -0.4 is 10.1 Å². The molecule has 0 aromatic heterocycles. The molecule has 2 fully saturated rings. The molecule has 8 nitrogen and oxygen atoms in total. The van der Waals surface area contributed by atoms with Crippen LogP contribution in [-0.4, -0.2) is 59.6 Å². The molecular weight excluding hydrogens is 694 g/mol. The minimum atomic E-state index is -5.03. The van der Waals surface area contributed by atoms with Crippen molar-refractivity contribution in [1.82, 2.24) is 10.2 Å². The first kappa shape index (κ1) is 37.4. The van der Waals surface area contributed by atoms with Crippen LogP contribution in [0.1, 0.15) is 54.4 Å². The number of aliphatic hydroxyl groups excluding tert-OH is 1. The molecule has 4 aromatic rings. The van der Waals surface area contributed by atoms with Crippen molar-refractivity contribution < 1.29 is 42.1 Å². The zero-order valence-electron chi connectivity index (χ0n) is 28.8. The Hall–Kier alpha value is -4.36. The van der Waals surface area contributed by atoms with Crippen LogP contribution in [0.4, 0.5) is 13.2 Å². The zero-order valence-corrected chi connectivity index (χ0v) is 29.7. The lowest BCUT2D eigenvalue weighted by Crippen LogP contribution is -2.50. The summed E-state index contributed by atoms with van der Waals surface area (Å²) in [6.45, 7) is 2.04. The van der Waals surface area contributed by atoms with Gasteiger partial charge in [0.15, 0.2) is 6.29 Å². The quantitative estimate of drug-likeness (QED) is 0.153. The Kier molecular flexibility index (Phi) is 11.9. The lowest BCUT2D eigenvalue weighted by molar-refractivity contribution is -0.268. The lowest BCUT2D eigenvalue weighted by atomic mass is 9.91. The highest BCUT2D eigenvalue weighted by Gasteiger charge is 2.47. The van der Waals surface area contributed by atoms with Crippen LogP contribution in [-0.2, 0) is 32.2 Å². The van der Waals surface area contributed by atoms with E-state index in [1.54, 1.807) is 18.9 Å². The largest absolute Gasteiger partial charge is 0.496 e. The predicted molar refractivity (Wildman–Crippen MR) is 191 cm³/mol. The number of aliphatic hydroxyl groups is 1. The van der Waals surface area contributed by atoms with Gasteiger partial charge in [-0.05, 0) is 52.8 Å². The van der Waals surface area contributed by atoms with Crippen molar-refractivity contribution in [3.63, 3.8) is 0 Å². The van der Waals surface area contributed by atoms with Gasteiger partial charge in [0.2, 0.25) is 5.91 Å². The Labute approximate surface area is 305 Å². The number of hydrogen-bond acceptors (Lipinski definition) is 7. The Bertz CT molecular complexity index is 1840. The molecule has 0 bridgehead atoms. The summed E-state index contributed by atoms with van der Waals surface area (Å²) in [6, 6.07) is 29.7. The van der Waals surface area contributed by atoms with Gasteiger partial charge in [-0.25, -0.2) is 0 Å². The Morgan fingerprint density at radius 1 is 0.942 bits per heavy atom. The van der Waals surface area contributed by atoms with Gasteiger partial charge in [0.25, 0.3) is 0 Å². The fraction of sp³-hybridized carbons (Fsp3) is 0.350. The maximum atomic E-state index is 13.1. The summed E-state index contributed by atoms with van der Waals surface area (Å²) in [6.07, 6.45) is -5.65. The molecule has 0 unspecified atom stereocenters. The molecule has 2 heterocycles. The number of likely N-dealkylation sites (tertiary alicyclic amines) is 1. The third-order valence-corrected chi connectivity index (χ3v) is 10.8. The number of alkyl halides is 3. The number of methoxy groups -OCH3 is 1. The van der Waals surface area contributed by atoms with Crippen molar-refractivity contribution in [3.05, 3.63) is 119 Å². The highest BCUT2D eigenvalue weighted by molar-refractivity contribution is 7.99. The van der Waals surface area contributed by atoms with Gasteiger partial charge in [0.1, 0.15) is 11.8 Å². The average molecular weight is 735 g/mol. The molecule has 0 saturated carbocycles. The lowest BCUT2D eigenvalue weighted by Gasteiger charge is -2.41. The second-order valence-electron chi connectivity index (χ2n) is 12.9. The van der Waals surface area contributed by atoms with Crippen LogP contribution in [0, 0.1) is 5.92 Å². The molecule has 12 heteroatoms. The van der Waals surface area contributed by atoms with Crippen molar-refractivity contribution in [3.8, 4) is 16.9 Å². The van der Waals surface area contributed by atoms with Crippen LogP contribution in [0.5, 0.6) is 5.75 Å². The topological polar surface area (TPSA) is 97.3 Å². The molecule has 0 spiro atoms. The van der Waals surface area contributed by atoms with E-state index < -0.39 is 30.3 Å². The molecule has 274 valence electrons. The van der Waals surface area contributed by atoms with Gasteiger partial charge in [-0.15, -0.1) is 11.8 Å². The van der Waals surface area contributed by atoms with Gasteiger partial charge in [-0.3, -0.25) is 9.59 Å². The van der Waals surface area contributed by atoms with Gasteiger partial charge < -0.3 is 29.5 Å². The Morgan fingerprint density at radius 2 is 1.63 bits per heavy atom. The molecule has 2 aliphatic heterocycles. The maximum Gasteiger partial charge on any atom is 0.471 e. The number of thioether (sulfide) groups is 1. The number of benzene rings is 4. The number of halogens is 3. The molecule has 2 amide bonds. The monoisotopic (exact) mass is 734 g/mol. The number of amides is 2. The molecule has 0 aliphatic carbocycles. The molecule has 2 aliphatic rings. The number of carbonyl (C=O) groups excluding carboxylic acids is 2. The third-order valence-electron chi connectivity index (χ3n) is 9.62. The van der Waals surface area contributed by atoms with E-state index in [9.17, 15) is 27.9 Å². The van der Waals surface area contributed by atoms with Crippen LogP contribution in [0.25, 0.3) is 11.1 Å². The van der Waals surface area contributed by atoms with Crippen molar-refractivity contribution in [1.29, 1.82) is 0 Å². The molecule has 2 saturated heterocycles. The van der Waals surface area contributed by atoms with Crippen LogP contribution in [0.3, 0.4) is 0 Å². The third kappa shape index (κ3) is 8.47. The smallest absolute Gasteiger partial charge is 0.471 e. The summed E-state index contributed by atoms with van der Waals surface area (Å²) in [5.41, 5.74) is 5.11. The van der Waals surface area contributed by atoms with Crippen molar-refractivity contribution in [2.24, 2.45) is 5.92 Å². The number of carbonyl (C=O) groups is 2. The summed E-state index contributed by atoms with van der Waals surface area (Å²) in [5, 5.41) is 12.3. The zero-order chi connectivity index (χ0) is 36.8. The molecule has 6 rings (SSSR count). The van der Waals surface area contributed by atoms with Gasteiger partial charge in [0.05, 0.1) is 25.9 Å². The van der Waals surface area contributed by atoms with Crippen molar-refractivity contribution >= 4 is 23.6 Å². The van der Waals surface area contributed by atoms with Crippen molar-refractivity contribution in [2.45, 2.75) is 68.5 Å². The highest BCUT2D eigenvalue weighted by Crippen LogP contribution is 2.44. The number of nitrogens with zero attached hydrogens (tertiary/aromatic N) is 1. The van der Waals surface area contributed by atoms with Gasteiger partial charge in [-0.1, -0.05) is 91.9 Å². The summed E-state index contributed by atoms with van der Waals surface area (Å²) in [5.74, 6) is -1.14. The first-order chi connectivity index (χ1) is 25.1. The molecular formula is C40H41F3N2O6S. The fourth-order valence-corrected chi connectivity index (χ4v) is 7.94. The number of ether oxygens (including phenoxy) is 3. The van der Waals surface area contributed by atoms with E-state index in [1.165, 1.54) is 0 Å². The Balaban J connectivity index is 1.19. The van der Waals surface area contributed by atoms with Crippen molar-refractivity contribution in [2.75, 3.05) is 19.4 Å². The molecule has 52 heavy (non-hydrogen) atoms. The summed E-state index contributed by atoms with van der Waals surface area (Å²) in [7, 11) is 1.65. The minimum Gasteiger partial charge on any atom is -0.496 e. The normalized spacial score (nSPS) is 21.9. The van der Waals surface area contributed by atoms with E-state index in [0.717, 1.165) is 44.0 Å². The first-order valence-electron chi connectivity index (χ1n) is 17.2. The molecule has 2 N–H and O–H groups in total. The SMILES string of the molecule is COc1ccccc1SC[C@H]1O[C@@H](c2ccc(-c3ccccc3CNC(=O)[C@@H]3CCCN3C(=O)C(F)(F)F)cc2)O[C@@H](c2ccc(CO)cc2)[C@H]1C. The Morgan fingerprint density at radius 3 is 2.35 bits per heavy atom. The second-order valence-corrected chi connectivity index (χ2v) is 14.0. The summed E-state index contributed by atoms with van der Waals surface area (Å²) >= 11 is 1.66. The maximum absolute atomic E-state index is 13.1. The molecule has 4 aromatic carbocycles. The van der Waals surface area contributed by atoms with E-state index in [-0.39, 0.29) is 44.2 Å². The van der Waals surface area contributed by atoms with Gasteiger partial charge in [0, 0.05) is 35.2 Å². The van der Waals surface area contributed by atoms with Crippen LogP contribution in [0.15, 0.2) is 102 Å². The standard InChI is InChI=1S/C40H41F3N2O6S/c1-25-34(24-52-35-12-6-5-11-33(35)49-2)50-38(51-36(25)28-15-13-26(23-46)14-16-28)29-19-17-27(18-20-29)31-9-4-3-8-30(31)22-44-37(47)32-10-7-21-45(32)39(48)40(41,42)43/h3-6,8-9,11-20,25,32,34,36,38,46H,7,10,21-24H2,1-2H3,(H,44,47)/t25-,32-,34+,36+,38+/m0/s1. The number of hydrogen-bond donors (Lipinski definition) is 2. The summed E-state index contributed by atoms with van der Waals surface area (Å²) < 4.78 is 58.2. The van der Waals surface area contributed by atoms with Crippen LogP contribution in [0.2, 0.25) is 0 Å². The van der Waals surface area contributed by atoms with Crippen LogP contribution >= 0.6 is 11.8 Å². The fourth-order valence-electron chi connectivity index (χ4n) is 6.74. The van der Waals surface area contributed by atoms with Gasteiger partial charge in [-0.2, -0.15) is 13.2 Å². The molecule has 5 atom stereocenters. The second kappa shape index (κ2) is 16.5. The van der Waals surface area contributed by atoms with E-state index in [0.29, 0.717) is 17.1 Å². The summed E-state index contributed by atoms with van der Waals surface area (Å²) in [4.78, 5) is 26.5. The van der Waals surface area contributed by atoms with E-state index >= 15 is 0 Å². The average Bonchev–Trinajstić information content (AvgIpc) is 3.66. The highest BCUT2D eigenvalue weighted by atomic mass is 32.2. The predicted octanol–water partition coefficient (Wildman–Crippen LogP) is 7.61. The minimum absolute atomic E-state index is 0.00249. The molecule has 0 radical (unpaired) electrons. The first-order valence-corrected chi connectivity index (χ1v) is 18.2. The van der Waals surface area contributed by atoms with Gasteiger partial charge >= 0.3 is 12.1 Å². The number of para-hydroxylation sites is 1.